The highest BCUT2D eigenvalue weighted by Gasteiger charge is 2.22. The lowest BCUT2D eigenvalue weighted by molar-refractivity contribution is 0.0896. The summed E-state index contributed by atoms with van der Waals surface area (Å²) < 4.78 is 10.9. The van der Waals surface area contributed by atoms with Crippen LogP contribution in [0.15, 0.2) is 23.0 Å². The van der Waals surface area contributed by atoms with Gasteiger partial charge < -0.3 is 24.7 Å². The summed E-state index contributed by atoms with van der Waals surface area (Å²) in [5.74, 6) is 0. The maximum Gasteiger partial charge on any atom is 0.253 e. The first-order chi connectivity index (χ1) is 14.0. The molecule has 1 aromatic carbocycles. The van der Waals surface area contributed by atoms with E-state index in [9.17, 15) is 4.79 Å². The van der Waals surface area contributed by atoms with Gasteiger partial charge in [0.05, 0.1) is 12.6 Å². The third kappa shape index (κ3) is 5.78. The molecule has 0 amide bonds. The molecule has 3 rings (SSSR count). The lowest BCUT2D eigenvalue weighted by Gasteiger charge is -2.28. The highest BCUT2D eigenvalue weighted by molar-refractivity contribution is 7.80. The van der Waals surface area contributed by atoms with Crippen molar-refractivity contribution in [3.63, 3.8) is 0 Å². The number of benzene rings is 1. The fourth-order valence-corrected chi connectivity index (χ4v) is 4.06. The van der Waals surface area contributed by atoms with Crippen LogP contribution in [0, 0.1) is 13.8 Å². The van der Waals surface area contributed by atoms with E-state index in [2.05, 4.69) is 28.2 Å². The largest absolute Gasteiger partial charge is 0.385 e. The van der Waals surface area contributed by atoms with Gasteiger partial charge in [0.2, 0.25) is 0 Å². The van der Waals surface area contributed by atoms with Crippen LogP contribution in [-0.2, 0) is 16.0 Å². The number of aromatic amines is 1. The first-order valence-corrected chi connectivity index (χ1v) is 10.6. The van der Waals surface area contributed by atoms with E-state index < -0.39 is 0 Å². The van der Waals surface area contributed by atoms with Crippen molar-refractivity contribution < 1.29 is 9.47 Å². The van der Waals surface area contributed by atoms with Crippen LogP contribution in [0.2, 0.25) is 0 Å². The van der Waals surface area contributed by atoms with Crippen LogP contribution in [0.25, 0.3) is 10.9 Å². The number of aromatic nitrogens is 1. The monoisotopic (exact) mass is 417 g/mol. The standard InChI is InChI=1S/C22H31N3O3S/c1-15-10-16(2)19-12-17(21(26)24-20(19)11-15)13-25(14-18-6-4-9-28-18)22(29)23-7-5-8-27-3/h10-12,18H,4-9,13-14H2,1-3H3,(H,23,29)(H,24,26)/t18-/m0/s1. The Kier molecular flexibility index (Phi) is 7.64. The van der Waals surface area contributed by atoms with Crippen LogP contribution >= 0.6 is 12.2 Å². The van der Waals surface area contributed by atoms with Gasteiger partial charge in [-0.05, 0) is 68.6 Å². The zero-order valence-electron chi connectivity index (χ0n) is 17.5. The number of hydrogen-bond donors (Lipinski definition) is 2. The lowest BCUT2D eigenvalue weighted by atomic mass is 10.0. The average Bonchev–Trinajstić information content (AvgIpc) is 3.18. The molecule has 0 bridgehead atoms. The van der Waals surface area contributed by atoms with Crippen LogP contribution in [-0.4, -0.2) is 54.5 Å². The van der Waals surface area contributed by atoms with E-state index in [1.807, 2.05) is 19.1 Å². The highest BCUT2D eigenvalue weighted by Crippen LogP contribution is 2.20. The molecule has 1 aliphatic heterocycles. The fraction of sp³-hybridized carbons (Fsp3) is 0.545. The summed E-state index contributed by atoms with van der Waals surface area (Å²) in [6.07, 6.45) is 3.12. The van der Waals surface area contributed by atoms with Crippen molar-refractivity contribution in [3.8, 4) is 0 Å². The SMILES string of the molecule is COCCCNC(=S)N(Cc1cc2c(C)cc(C)cc2[nH]c1=O)C[C@@H]1CCCO1. The molecule has 1 aromatic heterocycles. The Bertz CT molecular complexity index is 906. The molecule has 1 aliphatic rings. The second-order valence-corrected chi connectivity index (χ2v) is 8.15. The van der Waals surface area contributed by atoms with E-state index in [1.54, 1.807) is 7.11 Å². The Labute approximate surface area is 177 Å². The zero-order chi connectivity index (χ0) is 20.8. The van der Waals surface area contributed by atoms with Gasteiger partial charge in [-0.3, -0.25) is 4.79 Å². The number of pyridine rings is 1. The second kappa shape index (κ2) is 10.2. The summed E-state index contributed by atoms with van der Waals surface area (Å²) in [5.41, 5.74) is 3.82. The third-order valence-electron chi connectivity index (χ3n) is 5.29. The molecule has 0 spiro atoms. The van der Waals surface area contributed by atoms with Gasteiger partial charge in [-0.25, -0.2) is 0 Å². The molecule has 0 unspecified atom stereocenters. The van der Waals surface area contributed by atoms with Gasteiger partial charge in [-0.1, -0.05) is 6.07 Å². The quantitative estimate of drug-likeness (QED) is 0.508. The number of nitrogens with zero attached hydrogens (tertiary/aromatic N) is 1. The summed E-state index contributed by atoms with van der Waals surface area (Å²) in [5, 5.41) is 5.02. The smallest absolute Gasteiger partial charge is 0.253 e. The number of H-pyrrole nitrogens is 1. The van der Waals surface area contributed by atoms with Crippen molar-refractivity contribution in [3.05, 3.63) is 45.2 Å². The molecule has 2 aromatic rings. The maximum atomic E-state index is 12.8. The molecule has 2 N–H and O–H groups in total. The number of thiocarbonyl (C=S) groups is 1. The van der Waals surface area contributed by atoms with E-state index in [-0.39, 0.29) is 11.7 Å². The Morgan fingerprint density at radius 3 is 2.93 bits per heavy atom. The number of fused-ring (bicyclic) bond motifs is 1. The Morgan fingerprint density at radius 1 is 1.38 bits per heavy atom. The van der Waals surface area contributed by atoms with Crippen molar-refractivity contribution in [2.75, 3.05) is 33.4 Å². The van der Waals surface area contributed by atoms with Crippen molar-refractivity contribution in [1.82, 2.24) is 15.2 Å². The Hall–Kier alpha value is -1.96. The maximum absolute atomic E-state index is 12.8. The molecule has 0 aliphatic carbocycles. The average molecular weight is 418 g/mol. The van der Waals surface area contributed by atoms with Crippen molar-refractivity contribution in [2.24, 2.45) is 0 Å². The number of rotatable bonds is 8. The predicted octanol–water partition coefficient (Wildman–Crippen LogP) is 3.04. The van der Waals surface area contributed by atoms with Gasteiger partial charge in [-0.15, -0.1) is 0 Å². The molecule has 29 heavy (non-hydrogen) atoms. The minimum absolute atomic E-state index is 0.0676. The first-order valence-electron chi connectivity index (χ1n) is 10.2. The fourth-order valence-electron chi connectivity index (χ4n) is 3.82. The summed E-state index contributed by atoms with van der Waals surface area (Å²) in [4.78, 5) is 17.9. The molecule has 0 saturated carbocycles. The Morgan fingerprint density at radius 2 is 2.21 bits per heavy atom. The summed E-state index contributed by atoms with van der Waals surface area (Å²) in [7, 11) is 1.69. The summed E-state index contributed by atoms with van der Waals surface area (Å²) in [6, 6.07) is 6.15. The van der Waals surface area contributed by atoms with Crippen LogP contribution in [0.4, 0.5) is 0 Å². The molecule has 1 atom stereocenters. The van der Waals surface area contributed by atoms with Crippen molar-refractivity contribution >= 4 is 28.2 Å². The van der Waals surface area contributed by atoms with Crippen molar-refractivity contribution in [1.29, 1.82) is 0 Å². The molecule has 2 heterocycles. The third-order valence-corrected chi connectivity index (χ3v) is 5.69. The van der Waals surface area contributed by atoms with Gasteiger partial charge in [0.15, 0.2) is 5.11 Å². The van der Waals surface area contributed by atoms with E-state index in [1.165, 1.54) is 0 Å². The van der Waals surface area contributed by atoms with Gasteiger partial charge in [0.1, 0.15) is 0 Å². The molecular formula is C22H31N3O3S. The van der Waals surface area contributed by atoms with Gasteiger partial charge in [-0.2, -0.15) is 0 Å². The predicted molar refractivity (Wildman–Crippen MR) is 121 cm³/mol. The van der Waals surface area contributed by atoms with Crippen LogP contribution in [0.5, 0.6) is 0 Å². The van der Waals surface area contributed by atoms with Crippen LogP contribution in [0.3, 0.4) is 0 Å². The van der Waals surface area contributed by atoms with Gasteiger partial charge in [0.25, 0.3) is 5.56 Å². The van der Waals surface area contributed by atoms with Crippen LogP contribution in [0.1, 0.15) is 36.0 Å². The van der Waals surface area contributed by atoms with Gasteiger partial charge >= 0.3 is 0 Å². The molecular weight excluding hydrogens is 386 g/mol. The summed E-state index contributed by atoms with van der Waals surface area (Å²) in [6.45, 7) is 7.46. The van der Waals surface area contributed by atoms with E-state index >= 15 is 0 Å². The molecule has 7 heteroatoms. The lowest BCUT2D eigenvalue weighted by Crippen LogP contribution is -2.44. The van der Waals surface area contributed by atoms with Gasteiger partial charge in [0, 0.05) is 49.9 Å². The number of ether oxygens (including phenoxy) is 2. The highest BCUT2D eigenvalue weighted by atomic mass is 32.1. The molecule has 1 saturated heterocycles. The Balaban J connectivity index is 1.81. The topological polar surface area (TPSA) is 66.6 Å². The number of methoxy groups -OCH3 is 1. The number of nitrogens with one attached hydrogen (secondary N) is 2. The zero-order valence-corrected chi connectivity index (χ0v) is 18.4. The van der Waals surface area contributed by atoms with Crippen LogP contribution < -0.4 is 10.9 Å². The molecule has 1 fully saturated rings. The minimum Gasteiger partial charge on any atom is -0.385 e. The number of hydrogen-bond acceptors (Lipinski definition) is 4. The first kappa shape index (κ1) is 21.7. The van der Waals surface area contributed by atoms with E-state index in [4.69, 9.17) is 21.7 Å². The van der Waals surface area contributed by atoms with Crippen molar-refractivity contribution in [2.45, 2.75) is 45.8 Å². The molecule has 6 nitrogen and oxygen atoms in total. The van der Waals surface area contributed by atoms with E-state index in [0.29, 0.717) is 30.4 Å². The second-order valence-electron chi connectivity index (χ2n) is 7.76. The summed E-state index contributed by atoms with van der Waals surface area (Å²) >= 11 is 5.65. The molecule has 0 radical (unpaired) electrons. The molecule has 158 valence electrons. The number of aryl methyl sites for hydroxylation is 2. The minimum atomic E-state index is -0.0676. The van der Waals surface area contributed by atoms with E-state index in [0.717, 1.165) is 54.4 Å². The normalized spacial score (nSPS) is 16.3.